The Morgan fingerprint density at radius 1 is 0.527 bits per heavy atom. The highest BCUT2D eigenvalue weighted by molar-refractivity contribution is 7.08. The number of benzene rings is 2. The van der Waals surface area contributed by atoms with Gasteiger partial charge in [0.2, 0.25) is 0 Å². The molecule has 0 spiro atoms. The van der Waals surface area contributed by atoms with Gasteiger partial charge in [-0.15, -0.1) is 11.3 Å². The highest BCUT2D eigenvalue weighted by atomic mass is 32.1. The maximum Gasteiger partial charge on any atom is 0.125 e. The SMILES string of the molecule is CCCCCCCCCCCCCCCCOc1ccc(C2=c3ccc(s3)=C(c3ccccc3)c3ccc([nH]3)C=C3NC(=Cc4ccc2[nH]4)C(O)C3O)cc1. The summed E-state index contributed by atoms with van der Waals surface area (Å²) in [5, 5.41) is 25.2. The standard InChI is InChI=1S/C48H57N3O3S/c1-2-3-4-5-6-7-8-9-10-11-12-13-14-18-31-54-38-25-21-35(22-26-38)46-40-28-24-37(50-40)33-42-48(53)47(52)41(51-42)32-36-23-27-39(49-36)45(34-19-16-15-17-20-34)43-29-30-44(46)55-43/h15-17,19-30,32-33,47-53H,2-14,18,31H2,1H3. The lowest BCUT2D eigenvalue weighted by molar-refractivity contribution is 0.0818. The van der Waals surface area contributed by atoms with Crippen molar-refractivity contribution in [3.63, 3.8) is 0 Å². The van der Waals surface area contributed by atoms with Crippen LogP contribution in [0.25, 0.3) is 23.3 Å². The van der Waals surface area contributed by atoms with E-state index in [2.05, 4.69) is 95.0 Å². The number of fused-ring (bicyclic) bond motifs is 8. The number of aromatic amines is 2. The van der Waals surface area contributed by atoms with Gasteiger partial charge in [0.25, 0.3) is 0 Å². The van der Waals surface area contributed by atoms with Crippen molar-refractivity contribution in [3.8, 4) is 5.75 Å². The largest absolute Gasteiger partial charge is 0.494 e. The van der Waals surface area contributed by atoms with Crippen molar-refractivity contribution >= 4 is 34.6 Å². The van der Waals surface area contributed by atoms with Gasteiger partial charge in [-0.2, -0.15) is 0 Å². The number of nitrogens with one attached hydrogen (secondary N) is 3. The Morgan fingerprint density at radius 3 is 1.51 bits per heavy atom. The van der Waals surface area contributed by atoms with Gasteiger partial charge < -0.3 is 30.2 Å². The fourth-order valence-electron chi connectivity index (χ4n) is 7.79. The first-order valence-electron chi connectivity index (χ1n) is 20.7. The average Bonchev–Trinajstić information content (AvgIpc) is 4.02. The summed E-state index contributed by atoms with van der Waals surface area (Å²) in [4.78, 5) is 7.17. The van der Waals surface area contributed by atoms with E-state index in [1.54, 1.807) is 11.3 Å². The van der Waals surface area contributed by atoms with Crippen LogP contribution in [0.5, 0.6) is 5.75 Å². The first-order valence-corrected chi connectivity index (χ1v) is 21.5. The van der Waals surface area contributed by atoms with Crippen LogP contribution in [-0.2, 0) is 0 Å². The number of ether oxygens (including phenoxy) is 1. The normalized spacial score (nSPS) is 16.6. The van der Waals surface area contributed by atoms with E-state index in [0.29, 0.717) is 11.4 Å². The Labute approximate surface area is 330 Å². The minimum absolute atomic E-state index is 0.544. The molecule has 2 aliphatic heterocycles. The van der Waals surface area contributed by atoms with E-state index in [0.717, 1.165) is 72.9 Å². The summed E-state index contributed by atoms with van der Waals surface area (Å²) in [6.07, 6.45) is 20.5. The van der Waals surface area contributed by atoms with E-state index in [1.807, 2.05) is 30.4 Å². The van der Waals surface area contributed by atoms with E-state index >= 15 is 0 Å². The second-order valence-corrected chi connectivity index (χ2v) is 16.2. The number of rotatable bonds is 18. The fraction of sp³-hybridized carbons (Fsp3) is 0.375. The highest BCUT2D eigenvalue weighted by Gasteiger charge is 2.33. The zero-order valence-electron chi connectivity index (χ0n) is 32.3. The van der Waals surface area contributed by atoms with Crippen LogP contribution in [-0.4, -0.2) is 39.0 Å². The monoisotopic (exact) mass is 755 g/mol. The van der Waals surface area contributed by atoms with E-state index in [1.165, 1.54) is 83.5 Å². The molecule has 5 heterocycles. The second kappa shape index (κ2) is 19.3. The summed E-state index contributed by atoms with van der Waals surface area (Å²) in [7, 11) is 0. The third kappa shape index (κ3) is 10.0. The van der Waals surface area contributed by atoms with Crippen molar-refractivity contribution in [1.82, 2.24) is 15.3 Å². The molecular formula is C48H57N3O3S. The van der Waals surface area contributed by atoms with E-state index < -0.39 is 12.2 Å². The summed E-state index contributed by atoms with van der Waals surface area (Å²) in [5.41, 5.74) is 9.10. The van der Waals surface area contributed by atoms with Crippen molar-refractivity contribution in [2.45, 2.75) is 109 Å². The Morgan fingerprint density at radius 2 is 1.00 bits per heavy atom. The lowest BCUT2D eigenvalue weighted by Crippen LogP contribution is -2.20. The van der Waals surface area contributed by atoms with Crippen LogP contribution >= 0.6 is 11.3 Å². The third-order valence-electron chi connectivity index (χ3n) is 10.9. The number of hydrogen-bond donors (Lipinski definition) is 5. The van der Waals surface area contributed by atoms with Crippen LogP contribution in [0.1, 0.15) is 131 Å². The molecule has 55 heavy (non-hydrogen) atoms. The van der Waals surface area contributed by atoms with Gasteiger partial charge in [0.05, 0.1) is 6.61 Å². The molecule has 3 aromatic heterocycles. The highest BCUT2D eigenvalue weighted by Crippen LogP contribution is 2.29. The van der Waals surface area contributed by atoms with Gasteiger partial charge in [-0.25, -0.2) is 0 Å². The third-order valence-corrected chi connectivity index (χ3v) is 12.0. The molecule has 2 aliphatic rings. The van der Waals surface area contributed by atoms with Crippen molar-refractivity contribution in [3.05, 3.63) is 145 Å². The minimum atomic E-state index is -1.06. The summed E-state index contributed by atoms with van der Waals surface area (Å²) >= 11 is 1.76. The van der Waals surface area contributed by atoms with Crippen LogP contribution in [0.3, 0.4) is 0 Å². The first kappa shape index (κ1) is 38.7. The van der Waals surface area contributed by atoms with Crippen LogP contribution in [0.4, 0.5) is 0 Å². The number of hydrogen-bond acceptors (Lipinski definition) is 5. The van der Waals surface area contributed by atoms with Gasteiger partial charge in [0.1, 0.15) is 18.0 Å². The molecule has 2 unspecified atom stereocenters. The number of aliphatic hydroxyl groups is 2. The molecule has 288 valence electrons. The van der Waals surface area contributed by atoms with Gasteiger partial charge in [-0.3, -0.25) is 0 Å². The molecule has 1 saturated heterocycles. The number of aromatic nitrogens is 2. The Hall–Kier alpha value is -4.56. The zero-order valence-corrected chi connectivity index (χ0v) is 33.1. The zero-order chi connectivity index (χ0) is 37.8. The average molecular weight is 756 g/mol. The predicted molar refractivity (Wildman–Crippen MR) is 228 cm³/mol. The van der Waals surface area contributed by atoms with Crippen LogP contribution in [0.15, 0.2) is 102 Å². The molecule has 6 nitrogen and oxygen atoms in total. The van der Waals surface area contributed by atoms with Crippen molar-refractivity contribution in [1.29, 1.82) is 0 Å². The van der Waals surface area contributed by atoms with Gasteiger partial charge in [0.15, 0.2) is 0 Å². The summed E-state index contributed by atoms with van der Waals surface area (Å²) in [5.74, 6) is 0.891. The van der Waals surface area contributed by atoms with Gasteiger partial charge >= 0.3 is 0 Å². The molecule has 0 amide bonds. The van der Waals surface area contributed by atoms with Crippen molar-refractivity contribution < 1.29 is 14.9 Å². The van der Waals surface area contributed by atoms with Crippen molar-refractivity contribution in [2.75, 3.05) is 6.61 Å². The number of aliphatic hydroxyl groups excluding tert-OH is 2. The lowest BCUT2D eigenvalue weighted by Gasteiger charge is -2.10. The molecular weight excluding hydrogens is 699 g/mol. The molecule has 5 aromatic rings. The molecule has 0 saturated carbocycles. The van der Waals surface area contributed by atoms with Crippen LogP contribution < -0.4 is 19.1 Å². The Kier molecular flexibility index (Phi) is 13.6. The quantitative estimate of drug-likeness (QED) is 0.0576. The molecule has 0 radical (unpaired) electrons. The van der Waals surface area contributed by atoms with Gasteiger partial charge in [-0.1, -0.05) is 133 Å². The molecule has 8 bridgehead atoms. The molecule has 2 aromatic carbocycles. The molecule has 2 atom stereocenters. The van der Waals surface area contributed by atoms with Gasteiger partial charge in [-0.05, 0) is 78.2 Å². The Bertz CT molecular complexity index is 2150. The number of thiophene rings is 1. The molecule has 7 rings (SSSR count). The molecule has 5 N–H and O–H groups in total. The molecule has 0 aliphatic carbocycles. The first-order chi connectivity index (χ1) is 27.1. The lowest BCUT2D eigenvalue weighted by atomic mass is 10.0. The summed E-state index contributed by atoms with van der Waals surface area (Å²) in [6.45, 7) is 3.02. The van der Waals surface area contributed by atoms with E-state index in [-0.39, 0.29) is 0 Å². The number of unbranched alkanes of at least 4 members (excludes halogenated alkanes) is 13. The maximum atomic E-state index is 11.0. The van der Waals surface area contributed by atoms with E-state index in [4.69, 9.17) is 4.74 Å². The summed E-state index contributed by atoms with van der Waals surface area (Å²) in [6, 6.07) is 31.6. The predicted octanol–water partition coefficient (Wildman–Crippen LogP) is 9.78. The topological polar surface area (TPSA) is 93.3 Å². The molecule has 1 fully saturated rings. The Balaban J connectivity index is 1.06. The van der Waals surface area contributed by atoms with E-state index in [9.17, 15) is 10.2 Å². The van der Waals surface area contributed by atoms with Crippen LogP contribution in [0.2, 0.25) is 0 Å². The summed E-state index contributed by atoms with van der Waals surface area (Å²) < 4.78 is 8.49. The number of H-pyrrole nitrogens is 2. The second-order valence-electron chi connectivity index (χ2n) is 15.1. The fourth-order valence-corrected chi connectivity index (χ4v) is 8.96. The minimum Gasteiger partial charge on any atom is -0.494 e. The molecule has 7 heteroatoms. The van der Waals surface area contributed by atoms with Gasteiger partial charge in [0, 0.05) is 54.4 Å². The van der Waals surface area contributed by atoms with Crippen molar-refractivity contribution in [2.24, 2.45) is 0 Å². The van der Waals surface area contributed by atoms with Crippen LogP contribution in [0, 0.1) is 0 Å². The maximum absolute atomic E-state index is 11.0. The smallest absolute Gasteiger partial charge is 0.125 e.